The van der Waals surface area contributed by atoms with E-state index < -0.39 is 0 Å². The molecule has 5 heteroatoms. The van der Waals surface area contributed by atoms with E-state index in [9.17, 15) is 0 Å². The van der Waals surface area contributed by atoms with Gasteiger partial charge in [-0.2, -0.15) is 0 Å². The van der Waals surface area contributed by atoms with Crippen molar-refractivity contribution in [1.29, 1.82) is 0 Å². The molecule has 2 rings (SSSR count). The number of benzene rings is 1. The van der Waals surface area contributed by atoms with Crippen LogP contribution in [0.1, 0.15) is 6.42 Å². The van der Waals surface area contributed by atoms with Crippen LogP contribution in [-0.4, -0.2) is 19.0 Å². The number of anilines is 1. The minimum atomic E-state index is 0.132. The molecule has 1 atom stereocenters. The molecule has 1 aromatic carbocycles. The predicted molar refractivity (Wildman–Crippen MR) is 78.9 cm³/mol. The van der Waals surface area contributed by atoms with E-state index in [-0.39, 0.29) is 5.38 Å². The summed E-state index contributed by atoms with van der Waals surface area (Å²) in [5, 5.41) is 0.132. The van der Waals surface area contributed by atoms with E-state index in [2.05, 4.69) is 16.9 Å². The van der Waals surface area contributed by atoms with Crippen LogP contribution >= 0.6 is 11.6 Å². The zero-order chi connectivity index (χ0) is 14.5. The van der Waals surface area contributed by atoms with Crippen molar-refractivity contribution in [2.75, 3.05) is 5.43 Å². The number of alkyl halides is 1. The van der Waals surface area contributed by atoms with Crippen molar-refractivity contribution in [1.82, 2.24) is 5.43 Å². The molecule has 0 bridgehead atoms. The lowest BCUT2D eigenvalue weighted by molar-refractivity contribution is -0.0987. The van der Waals surface area contributed by atoms with Crippen molar-refractivity contribution in [2.45, 2.75) is 11.8 Å². The van der Waals surface area contributed by atoms with Crippen LogP contribution in [0.4, 0.5) is 5.69 Å². The molecule has 0 aliphatic heterocycles. The van der Waals surface area contributed by atoms with Crippen LogP contribution < -0.4 is 10.9 Å². The summed E-state index contributed by atoms with van der Waals surface area (Å²) in [6.07, 6.45) is 6.91. The van der Waals surface area contributed by atoms with E-state index in [1.54, 1.807) is 0 Å². The van der Waals surface area contributed by atoms with Gasteiger partial charge in [0, 0.05) is 5.70 Å². The first-order valence-electron chi connectivity index (χ1n) is 5.52. The topological polar surface area (TPSA) is 58.2 Å². The minimum absolute atomic E-state index is 0.132. The Morgan fingerprint density at radius 3 is 2.21 bits per heavy atom. The Morgan fingerprint density at radius 2 is 1.68 bits per heavy atom. The Morgan fingerprint density at radius 1 is 1.05 bits per heavy atom. The monoisotopic (exact) mass is 280 g/mol. The summed E-state index contributed by atoms with van der Waals surface area (Å²) in [6.45, 7) is 4.00. The highest BCUT2D eigenvalue weighted by Crippen LogP contribution is 2.13. The zero-order valence-electron chi connectivity index (χ0n) is 10.5. The Kier molecular flexibility index (Phi) is 9.84. The number of halogens is 1. The molecule has 0 spiro atoms. The minimum Gasteiger partial charge on any atom is -0.307 e. The summed E-state index contributed by atoms with van der Waals surface area (Å²) < 4.78 is 0. The van der Waals surface area contributed by atoms with Crippen LogP contribution in [0.5, 0.6) is 0 Å². The van der Waals surface area contributed by atoms with E-state index in [1.807, 2.05) is 56.1 Å². The van der Waals surface area contributed by atoms with E-state index in [4.69, 9.17) is 21.2 Å². The van der Waals surface area contributed by atoms with Gasteiger partial charge < -0.3 is 20.4 Å². The molecule has 2 N–H and O–H groups in total. The fourth-order valence-corrected chi connectivity index (χ4v) is 1.51. The maximum Gasteiger partial charge on any atom is 0.106 e. The van der Waals surface area contributed by atoms with Crippen molar-refractivity contribution >= 4 is 30.9 Å². The van der Waals surface area contributed by atoms with Gasteiger partial charge in [0.25, 0.3) is 0 Å². The highest BCUT2D eigenvalue weighted by atomic mass is 35.5. The number of para-hydroxylation sites is 1. The number of rotatable bonds is 3. The van der Waals surface area contributed by atoms with E-state index >= 15 is 0 Å². The van der Waals surface area contributed by atoms with Gasteiger partial charge in [-0.05, 0) is 24.6 Å². The second-order valence-electron chi connectivity index (χ2n) is 3.39. The maximum absolute atomic E-state index is 8.00. The molecular formula is C14H17ClN2O2. The molecule has 19 heavy (non-hydrogen) atoms. The van der Waals surface area contributed by atoms with Crippen molar-refractivity contribution in [3.63, 3.8) is 0 Å². The van der Waals surface area contributed by atoms with E-state index in [0.29, 0.717) is 0 Å². The van der Waals surface area contributed by atoms with Gasteiger partial charge in [0.15, 0.2) is 0 Å². The van der Waals surface area contributed by atoms with Crippen LogP contribution in [0.3, 0.4) is 0 Å². The van der Waals surface area contributed by atoms with Crippen molar-refractivity contribution in [2.24, 2.45) is 0 Å². The number of hydrogen-bond donors (Lipinski definition) is 2. The van der Waals surface area contributed by atoms with E-state index in [0.717, 1.165) is 17.8 Å². The Hall–Kier alpha value is -2.07. The van der Waals surface area contributed by atoms with Crippen molar-refractivity contribution in [3.05, 3.63) is 54.3 Å². The van der Waals surface area contributed by atoms with Crippen LogP contribution in [0.2, 0.25) is 0 Å². The van der Waals surface area contributed by atoms with Gasteiger partial charge in [-0.25, -0.2) is 0 Å². The van der Waals surface area contributed by atoms with Crippen LogP contribution in [-0.2, 0) is 9.59 Å². The first kappa shape index (κ1) is 16.9. The summed E-state index contributed by atoms with van der Waals surface area (Å²) in [4.78, 5) is 16.0. The molecule has 4 nitrogen and oxygen atoms in total. The van der Waals surface area contributed by atoms with Gasteiger partial charge in [0.05, 0.1) is 11.1 Å². The lowest BCUT2D eigenvalue weighted by Crippen LogP contribution is -2.21. The first-order valence-corrected chi connectivity index (χ1v) is 5.95. The molecule has 102 valence electrons. The molecule has 0 aromatic heterocycles. The number of allylic oxidation sites excluding steroid dienone is 3. The standard InChI is InChI=1S/C12H13ClN2.2CH2O/c13-10-6-8-12(9-7-10)15-14-11-4-2-1-3-5-11;2*1-2/h1-6,8-10,14-15H,7H2;2*1H2. The first-order chi connectivity index (χ1) is 9.34. The Bertz CT molecular complexity index is 405. The molecule has 1 unspecified atom stereocenters. The molecule has 1 aromatic rings. The van der Waals surface area contributed by atoms with Gasteiger partial charge in [-0.1, -0.05) is 30.4 Å². The zero-order valence-corrected chi connectivity index (χ0v) is 11.3. The predicted octanol–water partition coefficient (Wildman–Crippen LogP) is 2.68. The quantitative estimate of drug-likeness (QED) is 0.660. The molecule has 0 heterocycles. The second kappa shape index (κ2) is 11.0. The highest BCUT2D eigenvalue weighted by Gasteiger charge is 2.03. The molecular weight excluding hydrogens is 264 g/mol. The third kappa shape index (κ3) is 7.06. The molecule has 0 saturated carbocycles. The largest absolute Gasteiger partial charge is 0.307 e. The number of hydrogen-bond acceptors (Lipinski definition) is 4. The lowest BCUT2D eigenvalue weighted by atomic mass is 10.1. The SMILES string of the molecule is C=O.C=O.ClC1C=CC(NNc2ccccc2)=CC1. The Labute approximate surface area is 118 Å². The molecule has 0 saturated heterocycles. The second-order valence-corrected chi connectivity index (χ2v) is 3.95. The molecule has 0 radical (unpaired) electrons. The van der Waals surface area contributed by atoms with Gasteiger partial charge in [0.1, 0.15) is 13.6 Å². The average molecular weight is 281 g/mol. The van der Waals surface area contributed by atoms with Gasteiger partial charge in [-0.15, -0.1) is 11.6 Å². The fraction of sp³-hybridized carbons (Fsp3) is 0.143. The summed E-state index contributed by atoms with van der Waals surface area (Å²) >= 11 is 5.92. The van der Waals surface area contributed by atoms with E-state index in [1.165, 1.54) is 0 Å². The molecule has 1 aliphatic carbocycles. The van der Waals surface area contributed by atoms with Crippen LogP contribution in [0, 0.1) is 0 Å². The normalized spacial score (nSPS) is 15.8. The number of nitrogens with one attached hydrogen (secondary N) is 2. The van der Waals surface area contributed by atoms with Gasteiger partial charge in [0.2, 0.25) is 0 Å². The molecule has 1 aliphatic rings. The third-order valence-corrected chi connectivity index (χ3v) is 2.50. The highest BCUT2D eigenvalue weighted by molar-refractivity contribution is 6.22. The van der Waals surface area contributed by atoms with Gasteiger partial charge in [-0.3, -0.25) is 0 Å². The summed E-state index contributed by atoms with van der Waals surface area (Å²) in [5.41, 5.74) is 8.33. The van der Waals surface area contributed by atoms with Crippen molar-refractivity contribution in [3.8, 4) is 0 Å². The van der Waals surface area contributed by atoms with Gasteiger partial charge >= 0.3 is 0 Å². The summed E-state index contributed by atoms with van der Waals surface area (Å²) in [6, 6.07) is 9.98. The third-order valence-electron chi connectivity index (χ3n) is 2.17. The fourth-order valence-electron chi connectivity index (χ4n) is 1.35. The van der Waals surface area contributed by atoms with Crippen LogP contribution in [0.15, 0.2) is 54.3 Å². The van der Waals surface area contributed by atoms with Crippen molar-refractivity contribution < 1.29 is 9.59 Å². The summed E-state index contributed by atoms with van der Waals surface area (Å²) in [5.74, 6) is 0. The maximum atomic E-state index is 8.00. The number of carbonyl (C=O) groups excluding carboxylic acids is 2. The Balaban J connectivity index is 0.000000741. The van der Waals surface area contributed by atoms with Crippen LogP contribution in [0.25, 0.3) is 0 Å². The molecule has 0 amide bonds. The summed E-state index contributed by atoms with van der Waals surface area (Å²) in [7, 11) is 0. The number of hydrazine groups is 1. The molecule has 0 fully saturated rings. The average Bonchev–Trinajstić information content (AvgIpc) is 2.52. The number of carbonyl (C=O) groups is 2. The lowest BCUT2D eigenvalue weighted by Gasteiger charge is -2.14. The smallest absolute Gasteiger partial charge is 0.106 e.